The monoisotopic (exact) mass is 332 g/mol. The zero-order valence-electron chi connectivity index (χ0n) is 13.2. The summed E-state index contributed by atoms with van der Waals surface area (Å²) in [6.45, 7) is 4.92. The number of halogens is 1. The quantitative estimate of drug-likeness (QED) is 0.905. The minimum atomic E-state index is -0.134. The van der Waals surface area contributed by atoms with Crippen molar-refractivity contribution in [1.82, 2.24) is 20.4 Å². The highest BCUT2D eigenvalue weighted by Gasteiger charge is 2.27. The summed E-state index contributed by atoms with van der Waals surface area (Å²) in [5, 5.41) is 11.3. The number of piperidine rings is 1. The van der Waals surface area contributed by atoms with Crippen molar-refractivity contribution >= 4 is 17.5 Å². The smallest absolute Gasteiger partial charge is 0.271 e. The Kier molecular flexibility index (Phi) is 4.68. The molecule has 0 aliphatic carbocycles. The van der Waals surface area contributed by atoms with Crippen LogP contribution in [0.1, 0.15) is 30.3 Å². The maximum atomic E-state index is 12.3. The second-order valence-electron chi connectivity index (χ2n) is 6.37. The van der Waals surface area contributed by atoms with Crippen LogP contribution in [-0.2, 0) is 0 Å². The zero-order chi connectivity index (χ0) is 16.3. The molecule has 6 heteroatoms. The Balaban J connectivity index is 1.64. The summed E-state index contributed by atoms with van der Waals surface area (Å²) < 4.78 is 1.66. The molecule has 1 aromatic carbocycles. The average Bonchev–Trinajstić information content (AvgIpc) is 3.03. The molecule has 1 saturated heterocycles. The van der Waals surface area contributed by atoms with Crippen LogP contribution >= 0.6 is 11.6 Å². The van der Waals surface area contributed by atoms with Crippen molar-refractivity contribution in [3.05, 3.63) is 47.2 Å². The van der Waals surface area contributed by atoms with Gasteiger partial charge >= 0.3 is 0 Å². The first-order chi connectivity index (χ1) is 11.1. The Labute approximate surface area is 141 Å². The lowest BCUT2D eigenvalue weighted by Crippen LogP contribution is -2.43. The molecule has 1 aromatic heterocycles. The highest BCUT2D eigenvalue weighted by Crippen LogP contribution is 2.26. The van der Waals surface area contributed by atoms with Crippen molar-refractivity contribution in [2.24, 2.45) is 5.41 Å². The van der Waals surface area contributed by atoms with Crippen molar-refractivity contribution in [2.75, 3.05) is 19.6 Å². The van der Waals surface area contributed by atoms with Crippen LogP contribution in [0, 0.1) is 5.41 Å². The molecule has 122 valence electrons. The van der Waals surface area contributed by atoms with Crippen LogP contribution in [0.5, 0.6) is 0 Å². The van der Waals surface area contributed by atoms with Gasteiger partial charge in [-0.05, 0) is 55.6 Å². The molecule has 2 heterocycles. The Morgan fingerprint density at radius 1 is 1.39 bits per heavy atom. The fraction of sp³-hybridized carbons (Fsp3) is 0.412. The van der Waals surface area contributed by atoms with Crippen LogP contribution in [0.15, 0.2) is 36.5 Å². The second-order valence-corrected chi connectivity index (χ2v) is 6.81. The first-order valence-corrected chi connectivity index (χ1v) is 8.24. The predicted octanol–water partition coefficient (Wildman–Crippen LogP) is 2.65. The lowest BCUT2D eigenvalue weighted by Gasteiger charge is -2.34. The molecule has 0 saturated carbocycles. The molecule has 0 spiro atoms. The minimum Gasteiger partial charge on any atom is -0.350 e. The number of carbonyl (C=O) groups excluding carboxylic acids is 1. The van der Waals surface area contributed by atoms with Gasteiger partial charge in [0.1, 0.15) is 0 Å². The van der Waals surface area contributed by atoms with E-state index in [0.29, 0.717) is 17.3 Å². The zero-order valence-corrected chi connectivity index (χ0v) is 13.9. The van der Waals surface area contributed by atoms with Gasteiger partial charge in [-0.3, -0.25) is 4.79 Å². The van der Waals surface area contributed by atoms with Crippen molar-refractivity contribution in [3.63, 3.8) is 0 Å². The molecule has 2 N–H and O–H groups in total. The maximum Gasteiger partial charge on any atom is 0.271 e. The molecule has 0 radical (unpaired) electrons. The summed E-state index contributed by atoms with van der Waals surface area (Å²) in [5.74, 6) is -0.134. The number of carbonyl (C=O) groups is 1. The summed E-state index contributed by atoms with van der Waals surface area (Å²) in [6.07, 6.45) is 3.92. The first kappa shape index (κ1) is 16.0. The van der Waals surface area contributed by atoms with E-state index in [1.165, 1.54) is 0 Å². The number of hydrogen-bond acceptors (Lipinski definition) is 3. The second kappa shape index (κ2) is 6.72. The van der Waals surface area contributed by atoms with E-state index in [1.54, 1.807) is 16.9 Å². The Bertz CT molecular complexity index is 691. The van der Waals surface area contributed by atoms with Gasteiger partial charge < -0.3 is 10.6 Å². The van der Waals surface area contributed by atoms with E-state index in [4.69, 9.17) is 11.6 Å². The third-order valence-corrected chi connectivity index (χ3v) is 4.62. The van der Waals surface area contributed by atoms with Crippen molar-refractivity contribution < 1.29 is 4.79 Å². The normalized spacial score (nSPS) is 17.0. The van der Waals surface area contributed by atoms with E-state index in [1.807, 2.05) is 24.3 Å². The van der Waals surface area contributed by atoms with E-state index in [2.05, 4.69) is 22.7 Å². The summed E-state index contributed by atoms with van der Waals surface area (Å²) in [7, 11) is 0. The molecule has 2 aromatic rings. The topological polar surface area (TPSA) is 59.0 Å². The van der Waals surface area contributed by atoms with Gasteiger partial charge in [-0.2, -0.15) is 5.10 Å². The van der Waals surface area contributed by atoms with Crippen LogP contribution in [0.4, 0.5) is 0 Å². The first-order valence-electron chi connectivity index (χ1n) is 7.86. The fourth-order valence-electron chi connectivity index (χ4n) is 2.80. The number of aromatic nitrogens is 2. The molecule has 1 amide bonds. The third kappa shape index (κ3) is 3.92. The molecule has 1 fully saturated rings. The van der Waals surface area contributed by atoms with Crippen molar-refractivity contribution in [1.29, 1.82) is 0 Å². The number of benzene rings is 1. The Morgan fingerprint density at radius 2 is 2.17 bits per heavy atom. The van der Waals surface area contributed by atoms with Crippen molar-refractivity contribution in [3.8, 4) is 5.69 Å². The van der Waals surface area contributed by atoms with E-state index >= 15 is 0 Å². The lowest BCUT2D eigenvalue weighted by molar-refractivity contribution is 0.0917. The van der Waals surface area contributed by atoms with Gasteiger partial charge in [0, 0.05) is 17.8 Å². The van der Waals surface area contributed by atoms with Gasteiger partial charge in [0.2, 0.25) is 0 Å². The molecular formula is C17H21ClN4O. The molecule has 23 heavy (non-hydrogen) atoms. The van der Waals surface area contributed by atoms with E-state index in [-0.39, 0.29) is 11.3 Å². The molecule has 0 unspecified atom stereocenters. The molecular weight excluding hydrogens is 312 g/mol. The SMILES string of the molecule is CC1(CNC(=O)c2ccn(-c3cccc(Cl)c3)n2)CCNCC1. The van der Waals surface area contributed by atoms with Crippen LogP contribution in [-0.4, -0.2) is 35.3 Å². The van der Waals surface area contributed by atoms with Gasteiger partial charge in [-0.1, -0.05) is 24.6 Å². The highest BCUT2D eigenvalue weighted by molar-refractivity contribution is 6.30. The molecule has 0 atom stereocenters. The van der Waals surface area contributed by atoms with Gasteiger partial charge in [0.05, 0.1) is 5.69 Å². The Morgan fingerprint density at radius 3 is 2.91 bits per heavy atom. The van der Waals surface area contributed by atoms with E-state index < -0.39 is 0 Å². The number of nitrogens with zero attached hydrogens (tertiary/aromatic N) is 2. The van der Waals surface area contributed by atoms with Crippen LogP contribution < -0.4 is 10.6 Å². The van der Waals surface area contributed by atoms with E-state index in [9.17, 15) is 4.79 Å². The number of rotatable bonds is 4. The average molecular weight is 333 g/mol. The maximum absolute atomic E-state index is 12.3. The largest absolute Gasteiger partial charge is 0.350 e. The van der Waals surface area contributed by atoms with Gasteiger partial charge in [-0.15, -0.1) is 0 Å². The van der Waals surface area contributed by atoms with Crippen LogP contribution in [0.2, 0.25) is 5.02 Å². The van der Waals surface area contributed by atoms with Crippen molar-refractivity contribution in [2.45, 2.75) is 19.8 Å². The fourth-order valence-corrected chi connectivity index (χ4v) is 2.98. The molecule has 3 rings (SSSR count). The summed E-state index contributed by atoms with van der Waals surface area (Å²) >= 11 is 5.99. The van der Waals surface area contributed by atoms with Gasteiger partial charge in [0.25, 0.3) is 5.91 Å². The highest BCUT2D eigenvalue weighted by atomic mass is 35.5. The summed E-state index contributed by atoms with van der Waals surface area (Å²) in [6, 6.07) is 9.10. The summed E-state index contributed by atoms with van der Waals surface area (Å²) in [4.78, 5) is 12.3. The van der Waals surface area contributed by atoms with E-state index in [0.717, 1.165) is 31.6 Å². The molecule has 1 aliphatic rings. The predicted molar refractivity (Wildman–Crippen MR) is 91.1 cm³/mol. The van der Waals surface area contributed by atoms with Crippen LogP contribution in [0.3, 0.4) is 0 Å². The standard InChI is InChI=1S/C17H21ClN4O/c1-17(6-8-19-9-7-17)12-20-16(23)15-5-10-22(21-15)14-4-2-3-13(18)11-14/h2-5,10-11,19H,6-9,12H2,1H3,(H,20,23). The number of amides is 1. The molecule has 5 nitrogen and oxygen atoms in total. The summed E-state index contributed by atoms with van der Waals surface area (Å²) in [5.41, 5.74) is 1.42. The lowest BCUT2D eigenvalue weighted by atomic mass is 9.81. The Hall–Kier alpha value is -1.85. The third-order valence-electron chi connectivity index (χ3n) is 4.38. The number of hydrogen-bond donors (Lipinski definition) is 2. The number of nitrogens with one attached hydrogen (secondary N) is 2. The van der Waals surface area contributed by atoms with Gasteiger partial charge in [-0.25, -0.2) is 4.68 Å². The van der Waals surface area contributed by atoms with Gasteiger partial charge in [0.15, 0.2) is 5.69 Å². The molecule has 1 aliphatic heterocycles. The van der Waals surface area contributed by atoms with Crippen LogP contribution in [0.25, 0.3) is 5.69 Å². The molecule has 0 bridgehead atoms. The minimum absolute atomic E-state index is 0.134.